The first-order chi connectivity index (χ1) is 13.0. The first-order valence-electron chi connectivity index (χ1n) is 9.10. The van der Waals surface area contributed by atoms with E-state index >= 15 is 0 Å². The summed E-state index contributed by atoms with van der Waals surface area (Å²) in [5.74, 6) is -0.809. The average molecular weight is 362 g/mol. The van der Waals surface area contributed by atoms with E-state index in [1.165, 1.54) is 0 Å². The van der Waals surface area contributed by atoms with Crippen molar-refractivity contribution in [3.05, 3.63) is 72.8 Å². The average Bonchev–Trinajstić information content (AvgIpc) is 2.66. The molecule has 0 spiro atoms. The third-order valence-corrected chi connectivity index (χ3v) is 5.39. The molecule has 0 aliphatic carbocycles. The Morgan fingerprint density at radius 1 is 1.26 bits per heavy atom. The Morgan fingerprint density at radius 2 is 1.96 bits per heavy atom. The number of piperidine rings is 1. The van der Waals surface area contributed by atoms with E-state index < -0.39 is 11.6 Å². The predicted octanol–water partition coefficient (Wildman–Crippen LogP) is 3.55. The number of benzene rings is 2. The molecule has 1 N–H and O–H groups in total. The molecule has 2 aliphatic heterocycles. The van der Waals surface area contributed by atoms with Crippen LogP contribution in [-0.2, 0) is 9.59 Å². The molecule has 2 heterocycles. The maximum absolute atomic E-state index is 13.3. The molecule has 1 fully saturated rings. The van der Waals surface area contributed by atoms with Crippen molar-refractivity contribution in [2.24, 2.45) is 5.92 Å². The summed E-state index contributed by atoms with van der Waals surface area (Å²) in [5, 5.41) is 2.90. The quantitative estimate of drug-likeness (QED) is 0.668. The molecule has 2 aromatic rings. The molecule has 0 saturated carbocycles. The molecule has 2 aliphatic rings. The standard InChI is InChI=1S/C22H22N2O3/c1-3-13-24-21(26)19(20(25)23-15-9-5-4-6-10-15)17-14-22(24,2)27-18-12-8-7-11-16(17)18/h3-12,17,19H,1,13-14H2,2H3,(H,23,25)/t17-,19+,22-/m0/s1. The van der Waals surface area contributed by atoms with E-state index in [0.29, 0.717) is 18.7 Å². The monoisotopic (exact) mass is 362 g/mol. The summed E-state index contributed by atoms with van der Waals surface area (Å²) in [6.07, 6.45) is 2.23. The van der Waals surface area contributed by atoms with Crippen LogP contribution in [0.15, 0.2) is 67.3 Å². The van der Waals surface area contributed by atoms with Crippen LogP contribution < -0.4 is 10.1 Å². The van der Waals surface area contributed by atoms with Gasteiger partial charge < -0.3 is 15.0 Å². The largest absolute Gasteiger partial charge is 0.468 e. The fraction of sp³-hybridized carbons (Fsp3) is 0.273. The van der Waals surface area contributed by atoms with Crippen molar-refractivity contribution in [1.82, 2.24) is 4.90 Å². The van der Waals surface area contributed by atoms with Gasteiger partial charge >= 0.3 is 0 Å². The molecule has 4 rings (SSSR count). The Morgan fingerprint density at radius 3 is 2.70 bits per heavy atom. The SMILES string of the molecule is C=CCN1C(=O)[C@@H](C(=O)Nc2ccccc2)[C@H]2C[C@]1(C)Oc1ccccc12. The molecule has 2 aromatic carbocycles. The number of anilines is 1. The van der Waals surface area contributed by atoms with E-state index in [0.717, 1.165) is 11.3 Å². The number of carbonyl (C=O) groups is 2. The molecule has 27 heavy (non-hydrogen) atoms. The maximum Gasteiger partial charge on any atom is 0.239 e. The molecular formula is C22H22N2O3. The number of likely N-dealkylation sites (tertiary alicyclic amines) is 1. The van der Waals surface area contributed by atoms with Crippen LogP contribution in [0.5, 0.6) is 5.75 Å². The van der Waals surface area contributed by atoms with Gasteiger partial charge in [-0.15, -0.1) is 6.58 Å². The van der Waals surface area contributed by atoms with Crippen molar-refractivity contribution in [3.8, 4) is 5.75 Å². The minimum absolute atomic E-state index is 0.225. The number of para-hydroxylation sites is 2. The highest BCUT2D eigenvalue weighted by Crippen LogP contribution is 2.50. The Labute approximate surface area is 158 Å². The van der Waals surface area contributed by atoms with Gasteiger partial charge in [0.15, 0.2) is 5.72 Å². The second kappa shape index (κ2) is 6.58. The van der Waals surface area contributed by atoms with Gasteiger partial charge in [0.1, 0.15) is 11.7 Å². The molecule has 3 atom stereocenters. The van der Waals surface area contributed by atoms with E-state index in [4.69, 9.17) is 4.74 Å². The van der Waals surface area contributed by atoms with Gasteiger partial charge in [-0.3, -0.25) is 9.59 Å². The number of ether oxygens (including phenoxy) is 1. The highest BCUT2D eigenvalue weighted by Gasteiger charge is 2.55. The van der Waals surface area contributed by atoms with Crippen molar-refractivity contribution in [3.63, 3.8) is 0 Å². The highest BCUT2D eigenvalue weighted by molar-refractivity contribution is 6.08. The lowest BCUT2D eigenvalue weighted by molar-refractivity contribution is -0.173. The zero-order valence-electron chi connectivity index (χ0n) is 15.2. The minimum Gasteiger partial charge on any atom is -0.468 e. The summed E-state index contributed by atoms with van der Waals surface area (Å²) in [6.45, 7) is 6.00. The van der Waals surface area contributed by atoms with Crippen molar-refractivity contribution in [2.75, 3.05) is 11.9 Å². The van der Waals surface area contributed by atoms with E-state index in [2.05, 4.69) is 11.9 Å². The summed E-state index contributed by atoms with van der Waals surface area (Å²) in [5.41, 5.74) is 0.808. The number of amides is 2. The van der Waals surface area contributed by atoms with E-state index in [1.807, 2.05) is 61.5 Å². The third kappa shape index (κ3) is 2.89. The highest BCUT2D eigenvalue weighted by atomic mass is 16.5. The molecule has 0 unspecified atom stereocenters. The third-order valence-electron chi connectivity index (χ3n) is 5.39. The molecule has 0 radical (unpaired) electrons. The Kier molecular flexibility index (Phi) is 4.22. The number of nitrogens with one attached hydrogen (secondary N) is 1. The van der Waals surface area contributed by atoms with Crippen LogP contribution >= 0.6 is 0 Å². The summed E-state index contributed by atoms with van der Waals surface area (Å²) < 4.78 is 6.20. The van der Waals surface area contributed by atoms with Crippen molar-refractivity contribution >= 4 is 17.5 Å². The Balaban J connectivity index is 1.75. The lowest BCUT2D eigenvalue weighted by Crippen LogP contribution is -2.64. The van der Waals surface area contributed by atoms with Gasteiger partial charge in [0, 0.05) is 24.6 Å². The zero-order chi connectivity index (χ0) is 19.0. The lowest BCUT2D eigenvalue weighted by atomic mass is 9.73. The first-order valence-corrected chi connectivity index (χ1v) is 9.10. The normalized spacial score (nSPS) is 26.0. The number of carbonyl (C=O) groups excluding carboxylic acids is 2. The summed E-state index contributed by atoms with van der Waals surface area (Å²) in [7, 11) is 0. The molecule has 5 nitrogen and oxygen atoms in total. The fourth-order valence-electron chi connectivity index (χ4n) is 4.16. The zero-order valence-corrected chi connectivity index (χ0v) is 15.2. The van der Waals surface area contributed by atoms with E-state index in [-0.39, 0.29) is 17.7 Å². The van der Waals surface area contributed by atoms with Crippen molar-refractivity contribution in [1.29, 1.82) is 0 Å². The van der Waals surface area contributed by atoms with Gasteiger partial charge in [-0.1, -0.05) is 42.5 Å². The summed E-state index contributed by atoms with van der Waals surface area (Å²) in [6, 6.07) is 16.9. The first kappa shape index (κ1) is 17.3. The van der Waals surface area contributed by atoms with Gasteiger partial charge in [0.2, 0.25) is 11.8 Å². The van der Waals surface area contributed by atoms with Gasteiger partial charge in [-0.25, -0.2) is 0 Å². The summed E-state index contributed by atoms with van der Waals surface area (Å²) in [4.78, 5) is 28.1. The number of rotatable bonds is 4. The van der Waals surface area contributed by atoms with E-state index in [9.17, 15) is 9.59 Å². The predicted molar refractivity (Wildman–Crippen MR) is 103 cm³/mol. The molecule has 1 saturated heterocycles. The van der Waals surface area contributed by atoms with Crippen LogP contribution in [0.4, 0.5) is 5.69 Å². The van der Waals surface area contributed by atoms with Crippen molar-refractivity contribution in [2.45, 2.75) is 25.0 Å². The Hall–Kier alpha value is -3.08. The number of nitrogens with zero attached hydrogens (tertiary/aromatic N) is 1. The van der Waals surface area contributed by atoms with Gasteiger partial charge in [0.05, 0.1) is 0 Å². The molecule has 0 aromatic heterocycles. The molecule has 2 amide bonds. The van der Waals surface area contributed by atoms with Crippen LogP contribution in [0.1, 0.15) is 24.8 Å². The summed E-state index contributed by atoms with van der Waals surface area (Å²) >= 11 is 0. The second-order valence-electron chi connectivity index (χ2n) is 7.20. The minimum atomic E-state index is -0.803. The maximum atomic E-state index is 13.3. The van der Waals surface area contributed by atoms with Crippen LogP contribution in [0.3, 0.4) is 0 Å². The lowest BCUT2D eigenvalue weighted by Gasteiger charge is -2.52. The molecular weight excluding hydrogens is 340 g/mol. The van der Waals surface area contributed by atoms with Crippen LogP contribution in [-0.4, -0.2) is 29.0 Å². The van der Waals surface area contributed by atoms with Gasteiger partial charge in [-0.2, -0.15) is 0 Å². The smallest absolute Gasteiger partial charge is 0.239 e. The number of fused-ring (bicyclic) bond motifs is 4. The fourth-order valence-corrected chi connectivity index (χ4v) is 4.16. The van der Waals surface area contributed by atoms with E-state index in [1.54, 1.807) is 11.0 Å². The van der Waals surface area contributed by atoms with Gasteiger partial charge in [-0.05, 0) is 30.7 Å². The molecule has 138 valence electrons. The topological polar surface area (TPSA) is 58.6 Å². The molecule has 5 heteroatoms. The second-order valence-corrected chi connectivity index (χ2v) is 7.20. The Bertz CT molecular complexity index is 895. The van der Waals surface area contributed by atoms with Crippen LogP contribution in [0.2, 0.25) is 0 Å². The molecule has 2 bridgehead atoms. The van der Waals surface area contributed by atoms with Crippen LogP contribution in [0.25, 0.3) is 0 Å². The number of hydrogen-bond donors (Lipinski definition) is 1. The number of hydrogen-bond acceptors (Lipinski definition) is 3. The van der Waals surface area contributed by atoms with Crippen molar-refractivity contribution < 1.29 is 14.3 Å². The van der Waals surface area contributed by atoms with Crippen LogP contribution in [0, 0.1) is 5.92 Å². The van der Waals surface area contributed by atoms with Gasteiger partial charge in [0.25, 0.3) is 0 Å².